The van der Waals surface area contributed by atoms with E-state index < -0.39 is 20.0 Å². The lowest BCUT2D eigenvalue weighted by atomic mass is 10.2. The fourth-order valence-corrected chi connectivity index (χ4v) is 6.50. The first-order valence-corrected chi connectivity index (χ1v) is 12.8. The Morgan fingerprint density at radius 3 is 2.30 bits per heavy atom. The molecule has 1 saturated heterocycles. The Balaban J connectivity index is 1.63. The second-order valence-electron chi connectivity index (χ2n) is 7.02. The van der Waals surface area contributed by atoms with Gasteiger partial charge in [-0.15, -0.1) is 0 Å². The number of piperidine rings is 1. The number of hydrogen-bond donors (Lipinski definition) is 1. The molecule has 0 bridgehead atoms. The highest BCUT2D eigenvalue weighted by atomic mass is 35.5. The van der Waals surface area contributed by atoms with Crippen LogP contribution in [0.2, 0.25) is 5.02 Å². The van der Waals surface area contributed by atoms with E-state index in [4.69, 9.17) is 21.1 Å². The zero-order valence-electron chi connectivity index (χ0n) is 16.0. The third-order valence-corrected chi connectivity index (χ3v) is 8.70. The average Bonchev–Trinajstić information content (AvgIpc) is 2.75. The van der Waals surface area contributed by atoms with Crippen molar-refractivity contribution in [3.63, 3.8) is 0 Å². The van der Waals surface area contributed by atoms with Crippen LogP contribution >= 0.6 is 11.6 Å². The lowest BCUT2D eigenvalue weighted by Gasteiger charge is -2.26. The van der Waals surface area contributed by atoms with Gasteiger partial charge in [0.2, 0.25) is 10.0 Å². The molecular weight excluding hydrogens is 452 g/mol. The van der Waals surface area contributed by atoms with Crippen molar-refractivity contribution in [1.29, 1.82) is 0 Å². The molecule has 0 aromatic heterocycles. The lowest BCUT2D eigenvalue weighted by molar-refractivity contribution is 0.171. The van der Waals surface area contributed by atoms with Crippen molar-refractivity contribution in [2.45, 2.75) is 29.1 Å². The topological polar surface area (TPSA) is 102 Å². The highest BCUT2D eigenvalue weighted by molar-refractivity contribution is 7.92. The predicted octanol–water partition coefficient (Wildman–Crippen LogP) is 3.09. The summed E-state index contributed by atoms with van der Waals surface area (Å²) in [4.78, 5) is -0.143. The van der Waals surface area contributed by atoms with Crippen LogP contribution in [0.3, 0.4) is 0 Å². The molecule has 11 heteroatoms. The van der Waals surface area contributed by atoms with Gasteiger partial charge in [-0.25, -0.2) is 16.8 Å². The van der Waals surface area contributed by atoms with E-state index in [0.29, 0.717) is 37.8 Å². The second-order valence-corrected chi connectivity index (χ2v) is 11.0. The fourth-order valence-electron chi connectivity index (χ4n) is 3.41. The molecule has 0 unspecified atom stereocenters. The molecule has 2 aliphatic rings. The van der Waals surface area contributed by atoms with E-state index in [1.54, 1.807) is 0 Å². The lowest BCUT2D eigenvalue weighted by Crippen LogP contribution is -2.35. The number of nitrogens with zero attached hydrogens (tertiary/aromatic N) is 1. The van der Waals surface area contributed by atoms with Crippen molar-refractivity contribution < 1.29 is 26.3 Å². The molecule has 0 saturated carbocycles. The van der Waals surface area contributed by atoms with Crippen molar-refractivity contribution in [1.82, 2.24) is 4.31 Å². The Morgan fingerprint density at radius 1 is 0.867 bits per heavy atom. The Morgan fingerprint density at radius 2 is 1.57 bits per heavy atom. The highest BCUT2D eigenvalue weighted by Crippen LogP contribution is 2.34. The maximum Gasteiger partial charge on any atom is 0.262 e. The van der Waals surface area contributed by atoms with Crippen molar-refractivity contribution in [2.75, 3.05) is 31.0 Å². The molecule has 4 rings (SSSR count). The summed E-state index contributed by atoms with van der Waals surface area (Å²) < 4.78 is 66.3. The minimum Gasteiger partial charge on any atom is -0.486 e. The summed E-state index contributed by atoms with van der Waals surface area (Å²) in [6.45, 7) is 1.58. The molecule has 2 heterocycles. The number of fused-ring (bicyclic) bond motifs is 1. The first-order valence-electron chi connectivity index (χ1n) is 9.49. The molecule has 2 aromatic carbocycles. The van der Waals surface area contributed by atoms with Crippen molar-refractivity contribution in [3.05, 3.63) is 41.4 Å². The first-order chi connectivity index (χ1) is 14.3. The number of nitrogens with one attached hydrogen (secondary N) is 1. The largest absolute Gasteiger partial charge is 0.486 e. The van der Waals surface area contributed by atoms with Crippen LogP contribution in [0.15, 0.2) is 46.2 Å². The van der Waals surface area contributed by atoms with E-state index in [2.05, 4.69) is 4.72 Å². The van der Waals surface area contributed by atoms with E-state index in [1.807, 2.05) is 0 Å². The number of rotatable bonds is 5. The number of hydrogen-bond acceptors (Lipinski definition) is 6. The number of sulfonamides is 2. The van der Waals surface area contributed by atoms with Crippen LogP contribution in [0.25, 0.3) is 0 Å². The van der Waals surface area contributed by atoms with E-state index >= 15 is 0 Å². The number of benzene rings is 2. The van der Waals surface area contributed by atoms with Crippen molar-refractivity contribution >= 4 is 37.3 Å². The summed E-state index contributed by atoms with van der Waals surface area (Å²) in [5.41, 5.74) is 0.102. The minimum atomic E-state index is -3.98. The Kier molecular flexibility index (Phi) is 5.84. The van der Waals surface area contributed by atoms with Crippen LogP contribution in [-0.2, 0) is 20.0 Å². The molecule has 30 heavy (non-hydrogen) atoms. The van der Waals surface area contributed by atoms with Gasteiger partial charge in [-0.3, -0.25) is 4.72 Å². The van der Waals surface area contributed by atoms with Crippen LogP contribution < -0.4 is 14.2 Å². The number of ether oxygens (including phenoxy) is 2. The van der Waals surface area contributed by atoms with Gasteiger partial charge >= 0.3 is 0 Å². The van der Waals surface area contributed by atoms with Gasteiger partial charge in [0.25, 0.3) is 10.0 Å². The van der Waals surface area contributed by atoms with Gasteiger partial charge in [-0.05, 0) is 43.2 Å². The SMILES string of the molecule is O=S(=O)(Nc1ccc(Cl)c(S(=O)(=O)N2CCCCC2)c1)c1ccc2c(c1)OCCO2. The van der Waals surface area contributed by atoms with Crippen molar-refractivity contribution in [2.24, 2.45) is 0 Å². The van der Waals surface area contributed by atoms with Gasteiger partial charge < -0.3 is 9.47 Å². The molecule has 0 atom stereocenters. The molecular formula is C19H21ClN2O6S2. The van der Waals surface area contributed by atoms with Gasteiger partial charge in [-0.2, -0.15) is 4.31 Å². The fraction of sp³-hybridized carbons (Fsp3) is 0.368. The molecule has 0 radical (unpaired) electrons. The summed E-state index contributed by atoms with van der Waals surface area (Å²) in [6, 6.07) is 8.35. The molecule has 0 amide bonds. The third kappa shape index (κ3) is 4.22. The van der Waals surface area contributed by atoms with Gasteiger partial charge in [0.1, 0.15) is 18.1 Å². The number of halogens is 1. The van der Waals surface area contributed by atoms with Crippen LogP contribution in [-0.4, -0.2) is 47.4 Å². The highest BCUT2D eigenvalue weighted by Gasteiger charge is 2.29. The first kappa shape index (κ1) is 21.2. The molecule has 0 spiro atoms. The van der Waals surface area contributed by atoms with Gasteiger partial charge in [0.05, 0.1) is 15.6 Å². The summed E-state index contributed by atoms with van der Waals surface area (Å²) >= 11 is 6.15. The Labute approximate surface area is 180 Å². The molecule has 0 aliphatic carbocycles. The van der Waals surface area contributed by atoms with E-state index in [1.165, 1.54) is 40.7 Å². The molecule has 1 N–H and O–H groups in total. The average molecular weight is 473 g/mol. The molecule has 1 fully saturated rings. The van der Waals surface area contributed by atoms with Gasteiger partial charge in [-0.1, -0.05) is 18.0 Å². The van der Waals surface area contributed by atoms with Crippen LogP contribution in [0, 0.1) is 0 Å². The summed E-state index contributed by atoms with van der Waals surface area (Å²) in [5, 5.41) is 0.0443. The standard InChI is InChI=1S/C19H21ClN2O6S2/c20-16-6-4-14(12-19(16)30(25,26)22-8-2-1-3-9-22)21-29(23,24)15-5-7-17-18(13-15)28-11-10-27-17/h4-7,12-13,21H,1-3,8-11H2. The van der Waals surface area contributed by atoms with E-state index in [0.717, 1.165) is 19.3 Å². The molecule has 8 nitrogen and oxygen atoms in total. The Hall–Kier alpha value is -2.01. The van der Waals surface area contributed by atoms with E-state index in [9.17, 15) is 16.8 Å². The summed E-state index contributed by atoms with van der Waals surface area (Å²) in [5.74, 6) is 0.815. The van der Waals surface area contributed by atoms with Crippen LogP contribution in [0.1, 0.15) is 19.3 Å². The van der Waals surface area contributed by atoms with Gasteiger partial charge in [0, 0.05) is 19.2 Å². The van der Waals surface area contributed by atoms with Crippen molar-refractivity contribution in [3.8, 4) is 11.5 Å². The molecule has 2 aromatic rings. The van der Waals surface area contributed by atoms with E-state index in [-0.39, 0.29) is 20.5 Å². The zero-order valence-corrected chi connectivity index (χ0v) is 18.4. The minimum absolute atomic E-state index is 0.0258. The molecule has 162 valence electrons. The molecule has 2 aliphatic heterocycles. The Bertz CT molecular complexity index is 1160. The second kappa shape index (κ2) is 8.26. The maximum absolute atomic E-state index is 13.0. The monoisotopic (exact) mass is 472 g/mol. The smallest absolute Gasteiger partial charge is 0.262 e. The normalized spacial score (nSPS) is 17.5. The number of anilines is 1. The van der Waals surface area contributed by atoms with Crippen LogP contribution in [0.5, 0.6) is 11.5 Å². The summed E-state index contributed by atoms with van der Waals surface area (Å²) in [7, 11) is -7.80. The predicted molar refractivity (Wildman–Crippen MR) is 112 cm³/mol. The zero-order chi connectivity index (χ0) is 21.4. The quantitative estimate of drug-likeness (QED) is 0.717. The summed E-state index contributed by atoms with van der Waals surface area (Å²) in [6.07, 6.45) is 2.55. The van der Waals surface area contributed by atoms with Gasteiger partial charge in [0.15, 0.2) is 11.5 Å². The third-order valence-electron chi connectivity index (χ3n) is 4.94. The maximum atomic E-state index is 13.0. The van der Waals surface area contributed by atoms with Crippen LogP contribution in [0.4, 0.5) is 5.69 Å².